The number of fused-ring (bicyclic) bond motifs is 1. The molecular formula is C21H21NO2. The lowest BCUT2D eigenvalue weighted by atomic mass is 9.85. The van der Waals surface area contributed by atoms with Crippen molar-refractivity contribution in [2.45, 2.75) is 26.2 Å². The second-order valence-electron chi connectivity index (χ2n) is 6.89. The van der Waals surface area contributed by atoms with E-state index < -0.39 is 5.97 Å². The molecule has 122 valence electrons. The topological polar surface area (TPSA) is 39.2 Å². The van der Waals surface area contributed by atoms with Gasteiger partial charge in [0.05, 0.1) is 12.6 Å². The van der Waals surface area contributed by atoms with Crippen molar-refractivity contribution in [2.75, 3.05) is 7.11 Å². The minimum Gasteiger partial charge on any atom is -0.464 e. The van der Waals surface area contributed by atoms with Crippen molar-refractivity contribution in [3.8, 4) is 11.1 Å². The van der Waals surface area contributed by atoms with Gasteiger partial charge in [-0.05, 0) is 40.3 Å². The van der Waals surface area contributed by atoms with Gasteiger partial charge in [-0.15, -0.1) is 0 Å². The van der Waals surface area contributed by atoms with Crippen LogP contribution < -0.4 is 0 Å². The molecule has 3 aromatic rings. The van der Waals surface area contributed by atoms with Crippen molar-refractivity contribution >= 4 is 16.9 Å². The number of rotatable bonds is 2. The zero-order valence-corrected chi connectivity index (χ0v) is 14.5. The first-order chi connectivity index (χ1) is 11.4. The summed E-state index contributed by atoms with van der Waals surface area (Å²) in [5.74, 6) is -0.422. The monoisotopic (exact) mass is 319 g/mol. The Morgan fingerprint density at radius 1 is 1.00 bits per heavy atom. The van der Waals surface area contributed by atoms with Crippen molar-refractivity contribution in [3.63, 3.8) is 0 Å². The third kappa shape index (κ3) is 3.02. The van der Waals surface area contributed by atoms with Gasteiger partial charge in [0.2, 0.25) is 0 Å². The Morgan fingerprint density at radius 2 is 1.71 bits per heavy atom. The van der Waals surface area contributed by atoms with Crippen LogP contribution in [0.15, 0.2) is 54.6 Å². The highest BCUT2D eigenvalue weighted by Crippen LogP contribution is 2.32. The quantitative estimate of drug-likeness (QED) is 0.625. The van der Waals surface area contributed by atoms with Gasteiger partial charge in [0.15, 0.2) is 0 Å². The van der Waals surface area contributed by atoms with Gasteiger partial charge < -0.3 is 4.74 Å². The fourth-order valence-electron chi connectivity index (χ4n) is 2.76. The van der Waals surface area contributed by atoms with Crippen LogP contribution in [0.2, 0.25) is 0 Å². The summed E-state index contributed by atoms with van der Waals surface area (Å²) in [5, 5.41) is 1.04. The number of nitrogens with zero attached hydrogens (tertiary/aromatic N) is 1. The number of aromatic nitrogens is 1. The first-order valence-corrected chi connectivity index (χ1v) is 7.99. The molecule has 0 atom stereocenters. The standard InChI is InChI=1S/C21H21NO2/c1-21(2,3)15-10-11-18-17(12-15)16(14-8-6-5-7-9-14)13-19(22-18)20(23)24-4/h5-13H,1-4H3. The zero-order chi connectivity index (χ0) is 17.3. The van der Waals surface area contributed by atoms with Gasteiger partial charge in [-0.2, -0.15) is 0 Å². The minimum atomic E-state index is -0.422. The fraction of sp³-hybridized carbons (Fsp3) is 0.238. The van der Waals surface area contributed by atoms with E-state index in [0.29, 0.717) is 5.69 Å². The molecule has 0 radical (unpaired) electrons. The number of hydrogen-bond donors (Lipinski definition) is 0. The largest absolute Gasteiger partial charge is 0.464 e. The maximum atomic E-state index is 12.0. The highest BCUT2D eigenvalue weighted by Gasteiger charge is 2.18. The summed E-state index contributed by atoms with van der Waals surface area (Å²) in [6.45, 7) is 6.56. The lowest BCUT2D eigenvalue weighted by Gasteiger charge is -2.20. The minimum absolute atomic E-state index is 0.0448. The van der Waals surface area contributed by atoms with Gasteiger partial charge in [-0.1, -0.05) is 57.2 Å². The maximum absolute atomic E-state index is 12.0. The molecule has 0 aliphatic carbocycles. The molecule has 0 unspecified atom stereocenters. The van der Waals surface area contributed by atoms with Crippen LogP contribution in [0, 0.1) is 0 Å². The van der Waals surface area contributed by atoms with E-state index >= 15 is 0 Å². The number of methoxy groups -OCH3 is 1. The number of benzene rings is 2. The third-order valence-electron chi connectivity index (χ3n) is 4.15. The first kappa shape index (κ1) is 16.2. The number of esters is 1. The Morgan fingerprint density at radius 3 is 2.33 bits per heavy atom. The van der Waals surface area contributed by atoms with E-state index in [0.717, 1.165) is 22.0 Å². The summed E-state index contributed by atoms with van der Waals surface area (Å²) in [5.41, 5.74) is 4.45. The van der Waals surface area contributed by atoms with Gasteiger partial charge in [0, 0.05) is 5.39 Å². The number of carbonyl (C=O) groups excluding carboxylic acids is 1. The van der Waals surface area contributed by atoms with Crippen molar-refractivity contribution in [1.29, 1.82) is 0 Å². The van der Waals surface area contributed by atoms with Crippen LogP contribution in [0.4, 0.5) is 0 Å². The summed E-state index contributed by atoms with van der Waals surface area (Å²) in [4.78, 5) is 16.5. The van der Waals surface area contributed by atoms with Gasteiger partial charge in [0.1, 0.15) is 5.69 Å². The van der Waals surface area contributed by atoms with Gasteiger partial charge in [-0.25, -0.2) is 9.78 Å². The van der Waals surface area contributed by atoms with Crippen molar-refractivity contribution in [1.82, 2.24) is 4.98 Å². The van der Waals surface area contributed by atoms with E-state index in [1.165, 1.54) is 12.7 Å². The van der Waals surface area contributed by atoms with E-state index in [1.54, 1.807) is 0 Å². The van der Waals surface area contributed by atoms with Crippen LogP contribution in [-0.4, -0.2) is 18.1 Å². The molecule has 0 aliphatic rings. The normalized spacial score (nSPS) is 11.5. The highest BCUT2D eigenvalue weighted by molar-refractivity contribution is 6.00. The van der Waals surface area contributed by atoms with E-state index in [4.69, 9.17) is 4.74 Å². The van der Waals surface area contributed by atoms with Crippen LogP contribution in [0.5, 0.6) is 0 Å². The molecule has 0 aliphatic heterocycles. The van der Waals surface area contributed by atoms with Crippen molar-refractivity contribution in [3.05, 3.63) is 65.9 Å². The molecular weight excluding hydrogens is 298 g/mol. The first-order valence-electron chi connectivity index (χ1n) is 7.99. The molecule has 1 heterocycles. The van der Waals surface area contributed by atoms with Crippen molar-refractivity contribution < 1.29 is 9.53 Å². The van der Waals surface area contributed by atoms with Crippen LogP contribution in [0.25, 0.3) is 22.0 Å². The molecule has 2 aromatic carbocycles. The molecule has 3 rings (SSSR count). The molecule has 0 amide bonds. The summed E-state index contributed by atoms with van der Waals surface area (Å²) in [6, 6.07) is 18.1. The molecule has 0 saturated heterocycles. The lowest BCUT2D eigenvalue weighted by Crippen LogP contribution is -2.11. The molecule has 24 heavy (non-hydrogen) atoms. The van der Waals surface area contributed by atoms with Crippen LogP contribution in [0.3, 0.4) is 0 Å². The van der Waals surface area contributed by atoms with Crippen LogP contribution in [0.1, 0.15) is 36.8 Å². The second-order valence-corrected chi connectivity index (χ2v) is 6.89. The highest BCUT2D eigenvalue weighted by atomic mass is 16.5. The maximum Gasteiger partial charge on any atom is 0.356 e. The van der Waals surface area contributed by atoms with E-state index in [-0.39, 0.29) is 5.41 Å². The second kappa shape index (κ2) is 6.08. The predicted molar refractivity (Wildman–Crippen MR) is 97.2 cm³/mol. The van der Waals surface area contributed by atoms with E-state index in [2.05, 4.69) is 37.9 Å². The molecule has 0 fully saturated rings. The molecule has 0 saturated carbocycles. The summed E-state index contributed by atoms with van der Waals surface area (Å²) < 4.78 is 4.85. The summed E-state index contributed by atoms with van der Waals surface area (Å²) >= 11 is 0. The number of carbonyl (C=O) groups is 1. The molecule has 0 bridgehead atoms. The summed E-state index contributed by atoms with van der Waals surface area (Å²) in [6.07, 6.45) is 0. The van der Waals surface area contributed by atoms with Crippen LogP contribution in [-0.2, 0) is 10.2 Å². The van der Waals surface area contributed by atoms with Gasteiger partial charge in [0.25, 0.3) is 0 Å². The smallest absolute Gasteiger partial charge is 0.356 e. The van der Waals surface area contributed by atoms with Crippen molar-refractivity contribution in [2.24, 2.45) is 0 Å². The lowest BCUT2D eigenvalue weighted by molar-refractivity contribution is 0.0594. The molecule has 0 spiro atoms. The SMILES string of the molecule is COC(=O)c1cc(-c2ccccc2)c2cc(C(C)(C)C)ccc2n1. The Kier molecular flexibility index (Phi) is 4.10. The number of ether oxygens (including phenoxy) is 1. The molecule has 0 N–H and O–H groups in total. The molecule has 1 aromatic heterocycles. The van der Waals surface area contributed by atoms with Gasteiger partial charge in [-0.3, -0.25) is 0 Å². The predicted octanol–water partition coefficient (Wildman–Crippen LogP) is 4.99. The van der Waals surface area contributed by atoms with E-state index in [1.807, 2.05) is 42.5 Å². The Balaban J connectivity index is 2.33. The van der Waals surface area contributed by atoms with Gasteiger partial charge >= 0.3 is 5.97 Å². The van der Waals surface area contributed by atoms with Crippen LogP contribution >= 0.6 is 0 Å². The molecule has 3 heteroatoms. The van der Waals surface area contributed by atoms with E-state index in [9.17, 15) is 4.79 Å². The Bertz CT molecular complexity index is 893. The average molecular weight is 319 g/mol. The third-order valence-corrected chi connectivity index (χ3v) is 4.15. The Hall–Kier alpha value is -2.68. The zero-order valence-electron chi connectivity index (χ0n) is 14.5. The number of pyridine rings is 1. The average Bonchev–Trinajstić information content (AvgIpc) is 2.59. The number of hydrogen-bond acceptors (Lipinski definition) is 3. The molecule has 3 nitrogen and oxygen atoms in total. The Labute approximate surface area is 142 Å². The fourth-order valence-corrected chi connectivity index (χ4v) is 2.76. The summed E-state index contributed by atoms with van der Waals surface area (Å²) in [7, 11) is 1.37.